The van der Waals surface area contributed by atoms with Gasteiger partial charge in [-0.05, 0) is 6.42 Å². The van der Waals surface area contributed by atoms with Gasteiger partial charge in [0.15, 0.2) is 6.10 Å². The largest absolute Gasteiger partial charge is 0.479 e. The van der Waals surface area contributed by atoms with Crippen molar-refractivity contribution in [3.8, 4) is 0 Å². The lowest BCUT2D eigenvalue weighted by Gasteiger charge is -2.14. The molecule has 5 heteroatoms. The van der Waals surface area contributed by atoms with Crippen LogP contribution >= 0.6 is 0 Å². The highest BCUT2D eigenvalue weighted by Gasteiger charge is 2.33. The summed E-state index contributed by atoms with van der Waals surface area (Å²) in [5, 5.41) is 8.86. The first-order chi connectivity index (χ1) is 6.77. The highest BCUT2D eigenvalue weighted by molar-refractivity contribution is 5.73. The Bertz CT molecular complexity index is 310. The van der Waals surface area contributed by atoms with E-state index in [0.29, 0.717) is 13.2 Å². The number of rotatable bonds is 3. The Balaban J connectivity index is 2.00. The molecule has 1 saturated heterocycles. The van der Waals surface area contributed by atoms with Crippen molar-refractivity contribution in [1.29, 1.82) is 0 Å². The Hall–Kier alpha value is -1.36. The van der Waals surface area contributed by atoms with Gasteiger partial charge in [0.2, 0.25) is 0 Å². The summed E-state index contributed by atoms with van der Waals surface area (Å²) in [6.45, 7) is 1.20. The third-order valence-corrected chi connectivity index (χ3v) is 2.46. The molecule has 14 heavy (non-hydrogen) atoms. The van der Waals surface area contributed by atoms with Crippen molar-refractivity contribution in [2.24, 2.45) is 5.92 Å². The molecular formula is C9H12N2O3. The van der Waals surface area contributed by atoms with Crippen molar-refractivity contribution >= 4 is 5.97 Å². The fourth-order valence-corrected chi connectivity index (χ4v) is 1.76. The molecule has 76 valence electrons. The van der Waals surface area contributed by atoms with Crippen LogP contribution in [-0.4, -0.2) is 33.3 Å². The third kappa shape index (κ3) is 1.77. The quantitative estimate of drug-likeness (QED) is 0.758. The molecule has 0 aliphatic carbocycles. The first-order valence-corrected chi connectivity index (χ1v) is 4.57. The molecule has 0 unspecified atom stereocenters. The maximum atomic E-state index is 10.8. The number of carboxylic acid groups (broad SMARTS) is 1. The molecule has 2 heterocycles. The van der Waals surface area contributed by atoms with Crippen LogP contribution in [0.2, 0.25) is 0 Å². The Morgan fingerprint density at radius 1 is 1.71 bits per heavy atom. The van der Waals surface area contributed by atoms with Gasteiger partial charge in [0.25, 0.3) is 0 Å². The van der Waals surface area contributed by atoms with Crippen LogP contribution in [0.3, 0.4) is 0 Å². The van der Waals surface area contributed by atoms with E-state index in [1.54, 1.807) is 12.5 Å². The Morgan fingerprint density at radius 2 is 2.57 bits per heavy atom. The highest BCUT2D eigenvalue weighted by atomic mass is 16.5. The van der Waals surface area contributed by atoms with Gasteiger partial charge in [0.05, 0.1) is 6.33 Å². The fraction of sp³-hybridized carbons (Fsp3) is 0.556. The maximum absolute atomic E-state index is 10.8. The lowest BCUT2D eigenvalue weighted by Crippen LogP contribution is -2.28. The summed E-state index contributed by atoms with van der Waals surface area (Å²) >= 11 is 0. The van der Waals surface area contributed by atoms with E-state index in [1.165, 1.54) is 0 Å². The molecule has 0 radical (unpaired) electrons. The van der Waals surface area contributed by atoms with Gasteiger partial charge in [0, 0.05) is 31.5 Å². The van der Waals surface area contributed by atoms with Crippen LogP contribution < -0.4 is 0 Å². The predicted molar refractivity (Wildman–Crippen MR) is 47.7 cm³/mol. The lowest BCUT2D eigenvalue weighted by atomic mass is 10.0. The molecule has 1 N–H and O–H groups in total. The van der Waals surface area contributed by atoms with Crippen LogP contribution in [0.1, 0.15) is 6.42 Å². The molecule has 0 bridgehead atoms. The summed E-state index contributed by atoms with van der Waals surface area (Å²) in [5.74, 6) is -0.811. The van der Waals surface area contributed by atoms with Crippen molar-refractivity contribution in [2.75, 3.05) is 6.61 Å². The number of aliphatic carboxylic acids is 1. The molecule has 0 amide bonds. The van der Waals surface area contributed by atoms with Crippen LogP contribution in [-0.2, 0) is 16.1 Å². The van der Waals surface area contributed by atoms with Gasteiger partial charge < -0.3 is 14.4 Å². The number of aromatic nitrogens is 2. The molecule has 2 atom stereocenters. The number of imidazole rings is 1. The first kappa shape index (κ1) is 9.21. The molecule has 1 aliphatic rings. The average molecular weight is 196 g/mol. The molecule has 5 nitrogen and oxygen atoms in total. The number of ether oxygens (including phenoxy) is 1. The lowest BCUT2D eigenvalue weighted by molar-refractivity contribution is -0.149. The summed E-state index contributed by atoms with van der Waals surface area (Å²) in [4.78, 5) is 14.7. The summed E-state index contributed by atoms with van der Waals surface area (Å²) in [6.07, 6.45) is 5.35. The Labute approximate surface area is 81.3 Å². The van der Waals surface area contributed by atoms with Gasteiger partial charge in [0.1, 0.15) is 0 Å². The zero-order valence-electron chi connectivity index (χ0n) is 7.67. The molecule has 2 rings (SSSR count). The van der Waals surface area contributed by atoms with Gasteiger partial charge in [-0.1, -0.05) is 0 Å². The van der Waals surface area contributed by atoms with E-state index in [4.69, 9.17) is 9.84 Å². The van der Waals surface area contributed by atoms with Gasteiger partial charge in [-0.25, -0.2) is 9.78 Å². The zero-order chi connectivity index (χ0) is 9.97. The van der Waals surface area contributed by atoms with Crippen LogP contribution in [0.5, 0.6) is 0 Å². The van der Waals surface area contributed by atoms with E-state index in [0.717, 1.165) is 6.42 Å². The maximum Gasteiger partial charge on any atom is 0.333 e. The van der Waals surface area contributed by atoms with Crippen LogP contribution in [0.4, 0.5) is 0 Å². The molecule has 1 aliphatic heterocycles. The second kappa shape index (κ2) is 3.79. The van der Waals surface area contributed by atoms with E-state index in [2.05, 4.69) is 4.98 Å². The average Bonchev–Trinajstić information content (AvgIpc) is 2.75. The summed E-state index contributed by atoms with van der Waals surface area (Å²) in [7, 11) is 0. The molecule has 0 saturated carbocycles. The standard InChI is InChI=1S/C9H12N2O3/c12-9(13)8-7(1-4-14-8)5-11-3-2-10-6-11/h2-3,6-8H,1,4-5H2,(H,12,13)/t7-,8+/m1/s1. The molecule has 1 aromatic rings. The second-order valence-electron chi connectivity index (χ2n) is 3.44. The van der Waals surface area contributed by atoms with E-state index < -0.39 is 12.1 Å². The second-order valence-corrected chi connectivity index (χ2v) is 3.44. The van der Waals surface area contributed by atoms with Crippen molar-refractivity contribution in [2.45, 2.75) is 19.1 Å². The number of nitrogens with zero attached hydrogens (tertiary/aromatic N) is 2. The monoisotopic (exact) mass is 196 g/mol. The Kier molecular flexibility index (Phi) is 2.49. The van der Waals surface area contributed by atoms with Crippen molar-refractivity contribution in [1.82, 2.24) is 9.55 Å². The first-order valence-electron chi connectivity index (χ1n) is 4.57. The third-order valence-electron chi connectivity index (χ3n) is 2.46. The zero-order valence-corrected chi connectivity index (χ0v) is 7.67. The van der Waals surface area contributed by atoms with Gasteiger partial charge >= 0.3 is 5.97 Å². The van der Waals surface area contributed by atoms with Gasteiger partial charge in [-0.15, -0.1) is 0 Å². The summed E-state index contributed by atoms with van der Waals surface area (Å²) < 4.78 is 7.03. The van der Waals surface area contributed by atoms with E-state index >= 15 is 0 Å². The predicted octanol–water partition coefficient (Wildman–Crippen LogP) is 0.373. The SMILES string of the molecule is O=C(O)[C@H]1OCC[C@@H]1Cn1ccnc1. The number of hydrogen-bond acceptors (Lipinski definition) is 3. The molecular weight excluding hydrogens is 184 g/mol. The minimum Gasteiger partial charge on any atom is -0.479 e. The molecule has 1 fully saturated rings. The van der Waals surface area contributed by atoms with Crippen LogP contribution in [0.25, 0.3) is 0 Å². The number of hydrogen-bond donors (Lipinski definition) is 1. The van der Waals surface area contributed by atoms with Crippen molar-refractivity contribution in [3.05, 3.63) is 18.7 Å². The minimum atomic E-state index is -0.868. The van der Waals surface area contributed by atoms with E-state index in [-0.39, 0.29) is 5.92 Å². The van der Waals surface area contributed by atoms with Crippen LogP contribution in [0, 0.1) is 5.92 Å². The van der Waals surface area contributed by atoms with E-state index in [1.807, 2.05) is 10.8 Å². The van der Waals surface area contributed by atoms with Gasteiger partial charge in [-0.3, -0.25) is 0 Å². The number of carbonyl (C=O) groups is 1. The summed E-state index contributed by atoms with van der Waals surface area (Å²) in [6, 6.07) is 0. The molecule has 1 aromatic heterocycles. The van der Waals surface area contributed by atoms with E-state index in [9.17, 15) is 4.79 Å². The number of carboxylic acids is 1. The highest BCUT2D eigenvalue weighted by Crippen LogP contribution is 2.22. The van der Waals surface area contributed by atoms with Crippen LogP contribution in [0.15, 0.2) is 18.7 Å². The van der Waals surface area contributed by atoms with Crippen molar-refractivity contribution in [3.63, 3.8) is 0 Å². The fourth-order valence-electron chi connectivity index (χ4n) is 1.76. The smallest absolute Gasteiger partial charge is 0.333 e. The topological polar surface area (TPSA) is 64.3 Å². The summed E-state index contributed by atoms with van der Waals surface area (Å²) in [5.41, 5.74) is 0. The van der Waals surface area contributed by atoms with Gasteiger partial charge in [-0.2, -0.15) is 0 Å². The molecule has 0 spiro atoms. The van der Waals surface area contributed by atoms with Crippen molar-refractivity contribution < 1.29 is 14.6 Å². The normalized spacial score (nSPS) is 26.6. The Morgan fingerprint density at radius 3 is 3.21 bits per heavy atom. The minimum absolute atomic E-state index is 0.0571. The molecule has 0 aromatic carbocycles.